The number of aryl methyl sites for hydroxylation is 1. The molecule has 0 fully saturated rings. The fourth-order valence-corrected chi connectivity index (χ4v) is 1.37. The van der Waals surface area contributed by atoms with Gasteiger partial charge in [-0.1, -0.05) is 0 Å². The molecule has 0 bridgehead atoms. The van der Waals surface area contributed by atoms with Crippen LogP contribution in [0.4, 0.5) is 0 Å². The molecule has 2 aromatic heterocycles. The van der Waals surface area contributed by atoms with Crippen molar-refractivity contribution in [3.8, 4) is 5.75 Å². The van der Waals surface area contributed by atoms with Crippen molar-refractivity contribution < 1.29 is 26.4 Å². The van der Waals surface area contributed by atoms with E-state index in [1.165, 1.54) is 0 Å². The second kappa shape index (κ2) is 5.00. The molecule has 0 aromatic carbocycles. The van der Waals surface area contributed by atoms with Crippen molar-refractivity contribution in [2.75, 3.05) is 13.9 Å². The van der Waals surface area contributed by atoms with Gasteiger partial charge < -0.3 is 21.9 Å². The maximum Gasteiger partial charge on any atom is 0.286 e. The Hall–Kier alpha value is -1.26. The minimum atomic E-state index is 0. The Morgan fingerprint density at radius 1 is 1.40 bits per heavy atom. The first-order valence-electron chi connectivity index (χ1n) is 4.39. The molecule has 82 valence electrons. The third-order valence-electron chi connectivity index (χ3n) is 2.08. The van der Waals surface area contributed by atoms with Crippen LogP contribution in [0.3, 0.4) is 0 Å². The maximum atomic E-state index is 5.32. The summed E-state index contributed by atoms with van der Waals surface area (Å²) in [7, 11) is 3.61. The number of pyridine rings is 1. The number of hydrogen-bond donors (Lipinski definition) is 0. The lowest BCUT2D eigenvalue weighted by Crippen LogP contribution is -3.00. The number of fused-ring (bicyclic) bond motifs is 1. The molecule has 2 aromatic rings. The Kier molecular flexibility index (Phi) is 3.94. The SMILES string of the molecule is COCOc1ccc2n(cc[n+]2C)c1.[Cl-]. The maximum absolute atomic E-state index is 5.32. The lowest BCUT2D eigenvalue weighted by atomic mass is 10.4. The molecular formula is C10H13ClN2O2. The molecule has 0 radical (unpaired) electrons. The van der Waals surface area contributed by atoms with Gasteiger partial charge in [-0.25, -0.2) is 4.57 Å². The number of methoxy groups -OCH3 is 1. The van der Waals surface area contributed by atoms with Crippen LogP contribution in [-0.4, -0.2) is 18.3 Å². The Morgan fingerprint density at radius 3 is 2.93 bits per heavy atom. The Labute approximate surface area is 94.5 Å². The summed E-state index contributed by atoms with van der Waals surface area (Å²) in [6.07, 6.45) is 5.90. The molecule has 0 saturated heterocycles. The standard InChI is InChI=1S/C10H13N2O2.ClH/c1-11-5-6-12-7-9(14-8-13-2)3-4-10(11)12;/h3-7H,8H2,1-2H3;1H/q+1;/p-1. The number of hydrogen-bond acceptors (Lipinski definition) is 2. The molecule has 0 unspecified atom stereocenters. The van der Waals surface area contributed by atoms with Crippen LogP contribution in [0.5, 0.6) is 5.75 Å². The first kappa shape index (κ1) is 11.8. The quantitative estimate of drug-likeness (QED) is 0.439. The van der Waals surface area contributed by atoms with Crippen LogP contribution in [-0.2, 0) is 11.8 Å². The van der Waals surface area contributed by atoms with E-state index < -0.39 is 0 Å². The molecule has 0 N–H and O–H groups in total. The average Bonchev–Trinajstić information content (AvgIpc) is 2.57. The van der Waals surface area contributed by atoms with Gasteiger partial charge in [0.1, 0.15) is 18.6 Å². The monoisotopic (exact) mass is 228 g/mol. The van der Waals surface area contributed by atoms with Gasteiger partial charge in [0.2, 0.25) is 0 Å². The highest BCUT2D eigenvalue weighted by atomic mass is 35.5. The van der Waals surface area contributed by atoms with Crippen LogP contribution in [0, 0.1) is 0 Å². The third kappa shape index (κ3) is 2.40. The topological polar surface area (TPSA) is 26.8 Å². The summed E-state index contributed by atoms with van der Waals surface area (Å²) in [6, 6.07) is 3.93. The van der Waals surface area contributed by atoms with E-state index in [1.807, 2.05) is 46.7 Å². The number of rotatable bonds is 3. The highest BCUT2D eigenvalue weighted by molar-refractivity contribution is 5.36. The zero-order valence-corrected chi connectivity index (χ0v) is 9.44. The molecule has 2 heterocycles. The summed E-state index contributed by atoms with van der Waals surface area (Å²) in [4.78, 5) is 0. The first-order valence-corrected chi connectivity index (χ1v) is 4.39. The zero-order valence-electron chi connectivity index (χ0n) is 8.68. The van der Waals surface area contributed by atoms with Gasteiger partial charge in [0, 0.05) is 13.2 Å². The highest BCUT2D eigenvalue weighted by Gasteiger charge is 2.06. The van der Waals surface area contributed by atoms with Crippen LogP contribution < -0.4 is 21.7 Å². The van der Waals surface area contributed by atoms with Crippen molar-refractivity contribution in [1.29, 1.82) is 0 Å². The van der Waals surface area contributed by atoms with Gasteiger partial charge in [-0.3, -0.25) is 0 Å². The number of imidazole rings is 1. The second-order valence-electron chi connectivity index (χ2n) is 3.09. The Balaban J connectivity index is 0.00000112. The number of halogens is 1. The Bertz CT molecular complexity index is 442. The van der Waals surface area contributed by atoms with Crippen molar-refractivity contribution in [1.82, 2.24) is 4.40 Å². The molecule has 5 heteroatoms. The number of ether oxygens (including phenoxy) is 2. The molecule has 0 aliphatic rings. The van der Waals surface area contributed by atoms with Crippen LogP contribution in [0.1, 0.15) is 0 Å². The molecule has 0 saturated carbocycles. The summed E-state index contributed by atoms with van der Waals surface area (Å²) in [5, 5.41) is 0. The number of nitrogens with zero attached hydrogens (tertiary/aromatic N) is 2. The van der Waals surface area contributed by atoms with E-state index in [4.69, 9.17) is 9.47 Å². The Morgan fingerprint density at radius 2 is 2.20 bits per heavy atom. The van der Waals surface area contributed by atoms with Crippen molar-refractivity contribution in [2.24, 2.45) is 7.05 Å². The molecule has 4 nitrogen and oxygen atoms in total. The third-order valence-corrected chi connectivity index (χ3v) is 2.08. The van der Waals surface area contributed by atoms with E-state index in [-0.39, 0.29) is 19.2 Å². The second-order valence-corrected chi connectivity index (χ2v) is 3.09. The fourth-order valence-electron chi connectivity index (χ4n) is 1.37. The van der Waals surface area contributed by atoms with Gasteiger partial charge in [0.15, 0.2) is 12.5 Å². The van der Waals surface area contributed by atoms with Gasteiger partial charge in [-0.2, -0.15) is 4.40 Å². The zero-order chi connectivity index (χ0) is 9.97. The smallest absolute Gasteiger partial charge is 0.286 e. The van der Waals surface area contributed by atoms with Crippen molar-refractivity contribution in [3.05, 3.63) is 30.7 Å². The first-order chi connectivity index (χ1) is 6.81. The summed E-state index contributed by atoms with van der Waals surface area (Å²) in [6.45, 7) is 0.277. The van der Waals surface area contributed by atoms with Crippen LogP contribution in [0.15, 0.2) is 30.7 Å². The number of aromatic nitrogens is 2. The van der Waals surface area contributed by atoms with E-state index in [0.29, 0.717) is 0 Å². The van der Waals surface area contributed by atoms with Gasteiger partial charge in [0.05, 0.1) is 7.05 Å². The lowest BCUT2D eigenvalue weighted by Gasteiger charge is -2.01. The molecule has 0 atom stereocenters. The minimum Gasteiger partial charge on any atom is -1.00 e. The highest BCUT2D eigenvalue weighted by Crippen LogP contribution is 2.10. The van der Waals surface area contributed by atoms with E-state index in [1.54, 1.807) is 7.11 Å². The van der Waals surface area contributed by atoms with Crippen LogP contribution >= 0.6 is 0 Å². The minimum absolute atomic E-state index is 0. The van der Waals surface area contributed by atoms with Crippen molar-refractivity contribution in [2.45, 2.75) is 0 Å². The van der Waals surface area contributed by atoms with Gasteiger partial charge >= 0.3 is 0 Å². The molecule has 0 spiro atoms. The predicted octanol–water partition coefficient (Wildman–Crippen LogP) is -2.25. The summed E-state index contributed by atoms with van der Waals surface area (Å²) < 4.78 is 14.2. The van der Waals surface area contributed by atoms with Gasteiger partial charge in [-0.15, -0.1) is 0 Å². The van der Waals surface area contributed by atoms with Crippen LogP contribution in [0.2, 0.25) is 0 Å². The van der Waals surface area contributed by atoms with Crippen LogP contribution in [0.25, 0.3) is 5.65 Å². The van der Waals surface area contributed by atoms with E-state index in [0.717, 1.165) is 11.4 Å². The van der Waals surface area contributed by atoms with Crippen molar-refractivity contribution >= 4 is 5.65 Å². The van der Waals surface area contributed by atoms with E-state index >= 15 is 0 Å². The average molecular weight is 229 g/mol. The van der Waals surface area contributed by atoms with E-state index in [2.05, 4.69) is 0 Å². The summed E-state index contributed by atoms with van der Waals surface area (Å²) in [5.41, 5.74) is 1.12. The lowest BCUT2D eigenvalue weighted by molar-refractivity contribution is -0.644. The molecule has 15 heavy (non-hydrogen) atoms. The fraction of sp³-hybridized carbons (Fsp3) is 0.300. The predicted molar refractivity (Wildman–Crippen MR) is 51.1 cm³/mol. The van der Waals surface area contributed by atoms with Crippen molar-refractivity contribution in [3.63, 3.8) is 0 Å². The molecule has 0 amide bonds. The van der Waals surface area contributed by atoms with Gasteiger partial charge in [-0.05, 0) is 6.07 Å². The molecule has 2 rings (SSSR count). The summed E-state index contributed by atoms with van der Waals surface area (Å²) in [5.74, 6) is 0.801. The largest absolute Gasteiger partial charge is 1.00 e. The molecule has 0 aliphatic heterocycles. The van der Waals surface area contributed by atoms with Gasteiger partial charge in [0.25, 0.3) is 5.65 Å². The normalized spacial score (nSPS) is 10.0. The summed E-state index contributed by atoms with van der Waals surface area (Å²) >= 11 is 0. The van der Waals surface area contributed by atoms with E-state index in [9.17, 15) is 0 Å². The molecule has 0 aliphatic carbocycles. The molecular weight excluding hydrogens is 216 g/mol.